The first-order valence-electron chi connectivity index (χ1n) is 11.5. The molecule has 0 aliphatic rings. The Hall–Kier alpha value is -2.74. The summed E-state index contributed by atoms with van der Waals surface area (Å²) in [5, 5.41) is 2.69. The van der Waals surface area contributed by atoms with Crippen molar-refractivity contribution in [2.24, 2.45) is 5.92 Å². The van der Waals surface area contributed by atoms with Gasteiger partial charge in [0.1, 0.15) is 22.0 Å². The van der Waals surface area contributed by atoms with Gasteiger partial charge in [0.25, 0.3) is 5.91 Å². The third-order valence-electron chi connectivity index (χ3n) is 5.54. The number of nitrogens with one attached hydrogen (secondary N) is 1. The molecule has 0 saturated heterocycles. The van der Waals surface area contributed by atoms with Gasteiger partial charge in [0, 0.05) is 18.6 Å². The summed E-state index contributed by atoms with van der Waals surface area (Å²) >= 11 is 11.8. The van der Waals surface area contributed by atoms with E-state index in [1.165, 1.54) is 7.11 Å². The fourth-order valence-corrected chi connectivity index (χ4v) is 4.34. The number of esters is 1. The van der Waals surface area contributed by atoms with Crippen molar-refractivity contribution in [3.63, 3.8) is 0 Å². The smallest absolute Gasteiger partial charge is 0.328 e. The van der Waals surface area contributed by atoms with Crippen LogP contribution in [0.1, 0.15) is 31.9 Å². The second kappa shape index (κ2) is 14.1. The Kier molecular flexibility index (Phi) is 11.6. The molecule has 0 fully saturated rings. The monoisotopic (exact) mass is 537 g/mol. The minimum atomic E-state index is -0.920. The van der Waals surface area contributed by atoms with E-state index in [1.54, 1.807) is 28.1 Å². The molecule has 0 aliphatic heterocycles. The summed E-state index contributed by atoms with van der Waals surface area (Å²) in [4.78, 5) is 25.2. The van der Waals surface area contributed by atoms with E-state index in [-0.39, 0.29) is 22.4 Å². The summed E-state index contributed by atoms with van der Waals surface area (Å²) < 4.78 is 21.6. The predicted octanol–water partition coefficient (Wildman–Crippen LogP) is 5.45. The van der Waals surface area contributed by atoms with Crippen molar-refractivity contribution in [1.29, 1.82) is 0 Å². The SMILES string of the molecule is CCOCc1cc(OC)c(-c2ccc(C[C@H](NC(=O)C(=C(Cl)Cl)C(C)C)C(=O)OC)cc2)c(OC)c1. The normalized spacial score (nSPS) is 11.6. The van der Waals surface area contributed by atoms with Gasteiger partial charge in [-0.15, -0.1) is 0 Å². The third kappa shape index (κ3) is 7.63. The highest BCUT2D eigenvalue weighted by molar-refractivity contribution is 6.57. The lowest BCUT2D eigenvalue weighted by Gasteiger charge is -2.20. The summed E-state index contributed by atoms with van der Waals surface area (Å²) in [7, 11) is 4.48. The first-order valence-corrected chi connectivity index (χ1v) is 12.3. The van der Waals surface area contributed by atoms with Crippen LogP contribution >= 0.6 is 23.2 Å². The summed E-state index contributed by atoms with van der Waals surface area (Å²) in [5.74, 6) is -0.00419. The molecule has 2 aromatic rings. The van der Waals surface area contributed by atoms with E-state index >= 15 is 0 Å². The maximum Gasteiger partial charge on any atom is 0.328 e. The molecule has 0 radical (unpaired) electrons. The van der Waals surface area contributed by atoms with Crippen LogP contribution in [-0.2, 0) is 32.1 Å². The Morgan fingerprint density at radius 3 is 1.97 bits per heavy atom. The van der Waals surface area contributed by atoms with Crippen LogP contribution in [0, 0.1) is 5.92 Å². The van der Waals surface area contributed by atoms with Crippen LogP contribution in [0.15, 0.2) is 46.5 Å². The van der Waals surface area contributed by atoms with Gasteiger partial charge >= 0.3 is 5.97 Å². The zero-order valence-electron chi connectivity index (χ0n) is 21.4. The van der Waals surface area contributed by atoms with E-state index < -0.39 is 17.9 Å². The van der Waals surface area contributed by atoms with Crippen LogP contribution < -0.4 is 14.8 Å². The van der Waals surface area contributed by atoms with Gasteiger partial charge in [0.05, 0.1) is 33.5 Å². The molecule has 0 heterocycles. The zero-order valence-corrected chi connectivity index (χ0v) is 23.0. The van der Waals surface area contributed by atoms with Crippen molar-refractivity contribution in [2.45, 2.75) is 39.8 Å². The lowest BCUT2D eigenvalue weighted by atomic mass is 9.97. The first-order chi connectivity index (χ1) is 17.2. The van der Waals surface area contributed by atoms with Crippen LogP contribution in [0.25, 0.3) is 11.1 Å². The number of methoxy groups -OCH3 is 3. The molecule has 2 aromatic carbocycles. The zero-order chi connectivity index (χ0) is 26.8. The third-order valence-corrected chi connectivity index (χ3v) is 5.94. The molecule has 7 nitrogen and oxygen atoms in total. The van der Waals surface area contributed by atoms with Crippen LogP contribution in [0.5, 0.6) is 11.5 Å². The van der Waals surface area contributed by atoms with Crippen LogP contribution in [0.2, 0.25) is 0 Å². The molecule has 0 aromatic heterocycles. The maximum absolute atomic E-state index is 12.7. The number of amides is 1. The van der Waals surface area contributed by atoms with Crippen molar-refractivity contribution in [3.8, 4) is 22.6 Å². The Labute approximate surface area is 222 Å². The molecule has 0 saturated carbocycles. The lowest BCUT2D eigenvalue weighted by Crippen LogP contribution is -2.44. The molecular formula is C27H33Cl2NO6. The maximum atomic E-state index is 12.7. The average Bonchev–Trinajstić information content (AvgIpc) is 2.85. The molecule has 1 amide bonds. The number of hydrogen-bond acceptors (Lipinski definition) is 6. The van der Waals surface area contributed by atoms with E-state index in [0.29, 0.717) is 24.7 Å². The van der Waals surface area contributed by atoms with Crippen molar-refractivity contribution in [1.82, 2.24) is 5.32 Å². The molecule has 1 atom stereocenters. The van der Waals surface area contributed by atoms with E-state index in [2.05, 4.69) is 5.32 Å². The fraction of sp³-hybridized carbons (Fsp3) is 0.407. The second-order valence-corrected chi connectivity index (χ2v) is 9.24. The average molecular weight is 538 g/mol. The molecule has 2 rings (SSSR count). The number of carbonyl (C=O) groups is 2. The molecular weight excluding hydrogens is 505 g/mol. The fourth-order valence-electron chi connectivity index (χ4n) is 3.73. The summed E-state index contributed by atoms with van der Waals surface area (Å²) in [6.45, 7) is 6.57. The topological polar surface area (TPSA) is 83.1 Å². The van der Waals surface area contributed by atoms with Crippen molar-refractivity contribution in [2.75, 3.05) is 27.9 Å². The molecule has 196 valence electrons. The lowest BCUT2D eigenvalue weighted by molar-refractivity contribution is -0.144. The Balaban J connectivity index is 2.33. The van der Waals surface area contributed by atoms with Gasteiger partial charge < -0.3 is 24.3 Å². The second-order valence-electron chi connectivity index (χ2n) is 8.29. The molecule has 0 aliphatic carbocycles. The molecule has 36 heavy (non-hydrogen) atoms. The van der Waals surface area contributed by atoms with E-state index in [0.717, 1.165) is 22.3 Å². The van der Waals surface area contributed by atoms with Gasteiger partial charge in [-0.2, -0.15) is 0 Å². The minimum absolute atomic E-state index is 0.134. The van der Waals surface area contributed by atoms with Gasteiger partial charge in [-0.05, 0) is 41.7 Å². The van der Waals surface area contributed by atoms with Crippen LogP contribution in [-0.4, -0.2) is 45.9 Å². The summed E-state index contributed by atoms with van der Waals surface area (Å²) in [5.41, 5.74) is 3.62. The van der Waals surface area contributed by atoms with Gasteiger partial charge in [0.2, 0.25) is 0 Å². The van der Waals surface area contributed by atoms with Gasteiger partial charge in [-0.3, -0.25) is 4.79 Å². The van der Waals surface area contributed by atoms with E-state index in [9.17, 15) is 9.59 Å². The van der Waals surface area contributed by atoms with Gasteiger partial charge in [0.15, 0.2) is 0 Å². The molecule has 9 heteroatoms. The van der Waals surface area contributed by atoms with Crippen LogP contribution in [0.3, 0.4) is 0 Å². The number of ether oxygens (including phenoxy) is 4. The highest BCUT2D eigenvalue weighted by Gasteiger charge is 2.26. The minimum Gasteiger partial charge on any atom is -0.496 e. The number of rotatable bonds is 12. The molecule has 0 bridgehead atoms. The number of halogens is 2. The van der Waals surface area contributed by atoms with Crippen molar-refractivity contribution >= 4 is 35.1 Å². The van der Waals surface area contributed by atoms with Crippen molar-refractivity contribution < 1.29 is 28.5 Å². The molecule has 0 spiro atoms. The van der Waals surface area contributed by atoms with Crippen LogP contribution in [0.4, 0.5) is 0 Å². The summed E-state index contributed by atoms with van der Waals surface area (Å²) in [6, 6.07) is 10.5. The van der Waals surface area contributed by atoms with E-state index in [4.69, 9.17) is 42.1 Å². The highest BCUT2D eigenvalue weighted by Crippen LogP contribution is 2.40. The number of hydrogen-bond donors (Lipinski definition) is 1. The largest absolute Gasteiger partial charge is 0.496 e. The Morgan fingerprint density at radius 2 is 1.53 bits per heavy atom. The molecule has 1 N–H and O–H groups in total. The summed E-state index contributed by atoms with van der Waals surface area (Å²) in [6.07, 6.45) is 0.214. The van der Waals surface area contributed by atoms with Crippen molar-refractivity contribution in [3.05, 3.63) is 57.6 Å². The van der Waals surface area contributed by atoms with Gasteiger partial charge in [-0.1, -0.05) is 61.3 Å². The van der Waals surface area contributed by atoms with E-state index in [1.807, 2.05) is 43.3 Å². The Morgan fingerprint density at radius 1 is 0.944 bits per heavy atom. The highest BCUT2D eigenvalue weighted by atomic mass is 35.5. The molecule has 0 unspecified atom stereocenters. The first kappa shape index (κ1) is 29.5. The Bertz CT molecular complexity index is 1050. The predicted molar refractivity (Wildman–Crippen MR) is 142 cm³/mol. The number of benzene rings is 2. The standard InChI is InChI=1S/C27H33Cl2NO6/c1-7-36-15-18-13-21(33-4)24(22(14-18)34-5)19-10-8-17(9-11-19)12-20(27(32)35-6)30-26(31)23(16(2)3)25(28)29/h8-11,13-14,16,20H,7,12,15H2,1-6H3,(H,30,31)/t20-/m0/s1. The number of carbonyl (C=O) groups excluding carboxylic acids is 2. The quantitative estimate of drug-likeness (QED) is 0.286. The van der Waals surface area contributed by atoms with Gasteiger partial charge in [-0.25, -0.2) is 4.79 Å².